The maximum atomic E-state index is 12.7. The maximum Gasteiger partial charge on any atom is 0.272 e. The van der Waals surface area contributed by atoms with E-state index >= 15 is 0 Å². The van der Waals surface area contributed by atoms with Crippen LogP contribution in [-0.4, -0.2) is 40.3 Å². The van der Waals surface area contributed by atoms with E-state index in [2.05, 4.69) is 15.3 Å². The van der Waals surface area contributed by atoms with Gasteiger partial charge in [0.1, 0.15) is 5.82 Å². The van der Waals surface area contributed by atoms with Gasteiger partial charge in [0.15, 0.2) is 11.3 Å². The summed E-state index contributed by atoms with van der Waals surface area (Å²) in [5.74, 6) is 1.54. The molecule has 1 amide bonds. The number of carbonyl (C=O) groups excluding carboxylic acids is 1. The lowest BCUT2D eigenvalue weighted by atomic mass is 9.89. The molecular weight excluding hydrogens is 338 g/mol. The summed E-state index contributed by atoms with van der Waals surface area (Å²) in [5, 5.41) is 8.43. The highest BCUT2D eigenvalue weighted by Gasteiger charge is 2.21. The SMILES string of the molecule is Cn1nc(C(=O)NCC2CCCCC2)c2ccc(N3CCCCCC3)nc21. The molecule has 2 fully saturated rings. The van der Waals surface area contributed by atoms with Gasteiger partial charge in [0.05, 0.1) is 5.39 Å². The Balaban J connectivity index is 1.50. The third kappa shape index (κ3) is 4.09. The molecule has 1 aliphatic heterocycles. The molecular formula is C21H31N5O. The minimum atomic E-state index is -0.0736. The fourth-order valence-corrected chi connectivity index (χ4v) is 4.48. The van der Waals surface area contributed by atoms with E-state index in [1.54, 1.807) is 4.68 Å². The highest BCUT2D eigenvalue weighted by molar-refractivity contribution is 6.04. The molecule has 1 saturated heterocycles. The van der Waals surface area contributed by atoms with Gasteiger partial charge in [-0.25, -0.2) is 9.67 Å². The van der Waals surface area contributed by atoms with Gasteiger partial charge in [0.2, 0.25) is 0 Å². The number of hydrogen-bond donors (Lipinski definition) is 1. The van der Waals surface area contributed by atoms with Crippen molar-refractivity contribution in [3.8, 4) is 0 Å². The Kier molecular flexibility index (Phi) is 5.60. The van der Waals surface area contributed by atoms with Crippen molar-refractivity contribution in [3.05, 3.63) is 17.8 Å². The first kappa shape index (κ1) is 18.3. The van der Waals surface area contributed by atoms with Crippen LogP contribution in [0.2, 0.25) is 0 Å². The number of anilines is 1. The van der Waals surface area contributed by atoms with Gasteiger partial charge in [0.25, 0.3) is 5.91 Å². The molecule has 0 radical (unpaired) electrons. The predicted molar refractivity (Wildman–Crippen MR) is 108 cm³/mol. The van der Waals surface area contributed by atoms with Gasteiger partial charge in [0, 0.05) is 26.7 Å². The molecule has 1 aliphatic carbocycles. The van der Waals surface area contributed by atoms with E-state index in [4.69, 9.17) is 4.98 Å². The van der Waals surface area contributed by atoms with Crippen molar-refractivity contribution in [2.24, 2.45) is 13.0 Å². The average Bonchev–Trinajstić information content (AvgIpc) is 2.88. The lowest BCUT2D eigenvalue weighted by Crippen LogP contribution is -2.30. The number of carbonyl (C=O) groups is 1. The minimum Gasteiger partial charge on any atom is -0.357 e. The summed E-state index contributed by atoms with van der Waals surface area (Å²) < 4.78 is 1.74. The third-order valence-electron chi connectivity index (χ3n) is 6.09. The van der Waals surface area contributed by atoms with Crippen LogP contribution in [0.4, 0.5) is 5.82 Å². The van der Waals surface area contributed by atoms with Gasteiger partial charge in [-0.05, 0) is 43.7 Å². The third-order valence-corrected chi connectivity index (χ3v) is 6.09. The Hall–Kier alpha value is -2.11. The molecule has 2 aromatic heterocycles. The van der Waals surface area contributed by atoms with Crippen LogP contribution >= 0.6 is 0 Å². The van der Waals surface area contributed by atoms with E-state index in [1.165, 1.54) is 57.8 Å². The van der Waals surface area contributed by atoms with Crippen LogP contribution in [-0.2, 0) is 7.05 Å². The Labute approximate surface area is 161 Å². The summed E-state index contributed by atoms with van der Waals surface area (Å²) >= 11 is 0. The van der Waals surface area contributed by atoms with Crippen molar-refractivity contribution in [3.63, 3.8) is 0 Å². The quantitative estimate of drug-likeness (QED) is 0.893. The number of rotatable bonds is 4. The van der Waals surface area contributed by atoms with Crippen molar-refractivity contribution in [2.45, 2.75) is 57.8 Å². The average molecular weight is 370 g/mol. The molecule has 1 N–H and O–H groups in total. The van der Waals surface area contributed by atoms with E-state index in [0.717, 1.165) is 36.5 Å². The molecule has 0 bridgehead atoms. The number of nitrogens with zero attached hydrogens (tertiary/aromatic N) is 4. The van der Waals surface area contributed by atoms with Crippen molar-refractivity contribution in [1.29, 1.82) is 0 Å². The zero-order chi connectivity index (χ0) is 18.6. The van der Waals surface area contributed by atoms with Crippen LogP contribution in [0, 0.1) is 5.92 Å². The Bertz CT molecular complexity index is 785. The second kappa shape index (κ2) is 8.28. The van der Waals surface area contributed by atoms with Gasteiger partial charge in [-0.2, -0.15) is 5.10 Å². The van der Waals surface area contributed by atoms with E-state index < -0.39 is 0 Å². The summed E-state index contributed by atoms with van der Waals surface area (Å²) in [6.07, 6.45) is 11.4. The second-order valence-electron chi connectivity index (χ2n) is 8.13. The lowest BCUT2D eigenvalue weighted by molar-refractivity contribution is 0.0939. The topological polar surface area (TPSA) is 63.1 Å². The number of nitrogens with one attached hydrogen (secondary N) is 1. The summed E-state index contributed by atoms with van der Waals surface area (Å²) in [5.41, 5.74) is 1.29. The number of hydrogen-bond acceptors (Lipinski definition) is 4. The second-order valence-corrected chi connectivity index (χ2v) is 8.13. The first-order valence-electron chi connectivity index (χ1n) is 10.6. The summed E-state index contributed by atoms with van der Waals surface area (Å²) in [4.78, 5) is 19.9. The van der Waals surface area contributed by atoms with Crippen molar-refractivity contribution in [1.82, 2.24) is 20.1 Å². The van der Waals surface area contributed by atoms with Crippen LogP contribution in [0.15, 0.2) is 12.1 Å². The van der Waals surface area contributed by atoms with Gasteiger partial charge in [-0.3, -0.25) is 4.79 Å². The molecule has 4 rings (SSSR count). The molecule has 27 heavy (non-hydrogen) atoms. The first-order valence-corrected chi connectivity index (χ1v) is 10.6. The summed E-state index contributed by atoms with van der Waals surface area (Å²) in [7, 11) is 1.87. The molecule has 0 atom stereocenters. The summed E-state index contributed by atoms with van der Waals surface area (Å²) in [6, 6.07) is 4.07. The Morgan fingerprint density at radius 2 is 1.78 bits per heavy atom. The van der Waals surface area contributed by atoms with Gasteiger partial charge < -0.3 is 10.2 Å². The van der Waals surface area contributed by atoms with Crippen molar-refractivity contribution in [2.75, 3.05) is 24.5 Å². The van der Waals surface area contributed by atoms with E-state index in [-0.39, 0.29) is 5.91 Å². The Morgan fingerprint density at radius 3 is 2.52 bits per heavy atom. The van der Waals surface area contributed by atoms with Gasteiger partial charge in [-0.15, -0.1) is 0 Å². The molecule has 6 nitrogen and oxygen atoms in total. The largest absolute Gasteiger partial charge is 0.357 e. The van der Waals surface area contributed by atoms with E-state index in [0.29, 0.717) is 11.6 Å². The molecule has 0 spiro atoms. The molecule has 0 unspecified atom stereocenters. The van der Waals surface area contributed by atoms with Crippen LogP contribution in [0.1, 0.15) is 68.3 Å². The van der Waals surface area contributed by atoms with Crippen LogP contribution in [0.5, 0.6) is 0 Å². The highest BCUT2D eigenvalue weighted by Crippen LogP contribution is 2.24. The molecule has 0 aromatic carbocycles. The fourth-order valence-electron chi connectivity index (χ4n) is 4.48. The summed E-state index contributed by atoms with van der Waals surface area (Å²) in [6.45, 7) is 2.88. The minimum absolute atomic E-state index is 0.0736. The van der Waals surface area contributed by atoms with Crippen molar-refractivity contribution >= 4 is 22.8 Å². The Morgan fingerprint density at radius 1 is 1.07 bits per heavy atom. The molecule has 2 aromatic rings. The first-order chi connectivity index (χ1) is 13.2. The number of amides is 1. The van der Waals surface area contributed by atoms with Crippen LogP contribution in [0.25, 0.3) is 11.0 Å². The maximum absolute atomic E-state index is 12.7. The molecule has 6 heteroatoms. The normalized spacial score (nSPS) is 19.2. The molecule has 146 valence electrons. The standard InChI is InChI=1S/C21H31N5O/c1-25-20-17(11-12-18(23-20)26-13-7-2-3-8-14-26)19(24-25)21(27)22-15-16-9-5-4-6-10-16/h11-12,16H,2-10,13-15H2,1H3,(H,22,27). The monoisotopic (exact) mass is 369 g/mol. The number of fused-ring (bicyclic) bond motifs is 1. The van der Waals surface area contributed by atoms with Gasteiger partial charge in [-0.1, -0.05) is 32.1 Å². The van der Waals surface area contributed by atoms with E-state index in [9.17, 15) is 4.79 Å². The van der Waals surface area contributed by atoms with Crippen LogP contribution in [0.3, 0.4) is 0 Å². The van der Waals surface area contributed by atoms with Gasteiger partial charge >= 0.3 is 0 Å². The van der Waals surface area contributed by atoms with Crippen LogP contribution < -0.4 is 10.2 Å². The molecule has 3 heterocycles. The van der Waals surface area contributed by atoms with Crippen molar-refractivity contribution < 1.29 is 4.79 Å². The predicted octanol–water partition coefficient (Wildman–Crippen LogP) is 3.66. The molecule has 1 saturated carbocycles. The lowest BCUT2D eigenvalue weighted by Gasteiger charge is -2.21. The molecule has 2 aliphatic rings. The highest BCUT2D eigenvalue weighted by atomic mass is 16.1. The number of aromatic nitrogens is 3. The smallest absolute Gasteiger partial charge is 0.272 e. The number of pyridine rings is 1. The van der Waals surface area contributed by atoms with E-state index in [1.807, 2.05) is 19.2 Å². The zero-order valence-electron chi connectivity index (χ0n) is 16.4. The fraction of sp³-hybridized carbons (Fsp3) is 0.667. The zero-order valence-corrected chi connectivity index (χ0v) is 16.4. The number of aryl methyl sites for hydroxylation is 1.